The van der Waals surface area contributed by atoms with E-state index >= 15 is 0 Å². The molecule has 4 N–H and O–H groups in total. The lowest BCUT2D eigenvalue weighted by molar-refractivity contribution is -0.181. The quantitative estimate of drug-likeness (QED) is 0.502. The van der Waals surface area contributed by atoms with Crippen molar-refractivity contribution in [1.29, 1.82) is 0 Å². The van der Waals surface area contributed by atoms with Crippen LogP contribution in [-0.4, -0.2) is 51.1 Å². The van der Waals surface area contributed by atoms with Gasteiger partial charge in [0.1, 0.15) is 12.2 Å². The van der Waals surface area contributed by atoms with E-state index < -0.39 is 24.4 Å². The number of fused-ring (bicyclic) bond motifs is 1. The number of hydrogen-bond acceptors (Lipinski definition) is 7. The second kappa shape index (κ2) is 8.35. The maximum absolute atomic E-state index is 12.7. The van der Waals surface area contributed by atoms with Crippen LogP contribution in [0, 0.1) is 0 Å². The van der Waals surface area contributed by atoms with E-state index in [2.05, 4.69) is 10.3 Å². The molecule has 4 rings (SSSR count). The Morgan fingerprint density at radius 1 is 1.24 bits per heavy atom. The minimum atomic E-state index is -0.944. The first kappa shape index (κ1) is 20.2. The Hall–Kier alpha value is -2.07. The summed E-state index contributed by atoms with van der Waals surface area (Å²) in [7, 11) is 0. The summed E-state index contributed by atoms with van der Waals surface area (Å²) in [4.78, 5) is 17.1. The summed E-state index contributed by atoms with van der Waals surface area (Å²) in [6.45, 7) is -0.355. The van der Waals surface area contributed by atoms with Gasteiger partial charge in [-0.1, -0.05) is 35.1 Å². The third-order valence-corrected chi connectivity index (χ3v) is 5.98. The van der Waals surface area contributed by atoms with Gasteiger partial charge in [-0.05, 0) is 35.9 Å². The third-order valence-electron chi connectivity index (χ3n) is 4.81. The smallest absolute Gasteiger partial charge is 0.257 e. The zero-order valence-electron chi connectivity index (χ0n) is 15.2. The Morgan fingerprint density at radius 2 is 2.07 bits per heavy atom. The average Bonchev–Trinajstić information content (AvgIpc) is 3.09. The Kier molecular flexibility index (Phi) is 5.82. The molecule has 1 amide bonds. The second-order valence-corrected chi connectivity index (χ2v) is 8.33. The van der Waals surface area contributed by atoms with Crippen molar-refractivity contribution in [2.45, 2.75) is 30.8 Å². The van der Waals surface area contributed by atoms with Crippen LogP contribution in [0.2, 0.25) is 5.02 Å². The first-order chi connectivity index (χ1) is 13.9. The van der Waals surface area contributed by atoms with Crippen molar-refractivity contribution in [1.82, 2.24) is 4.98 Å². The number of anilines is 1. The van der Waals surface area contributed by atoms with Gasteiger partial charge in [0.15, 0.2) is 5.13 Å². The fraction of sp³-hybridized carbons (Fsp3) is 0.300. The van der Waals surface area contributed by atoms with Gasteiger partial charge in [0.05, 0.1) is 29.0 Å². The molecule has 1 fully saturated rings. The van der Waals surface area contributed by atoms with Gasteiger partial charge in [0, 0.05) is 17.0 Å². The van der Waals surface area contributed by atoms with E-state index in [0.29, 0.717) is 21.3 Å². The second-order valence-electron chi connectivity index (χ2n) is 6.86. The van der Waals surface area contributed by atoms with Gasteiger partial charge in [0.2, 0.25) is 0 Å². The molecular weight excluding hydrogens is 416 g/mol. The summed E-state index contributed by atoms with van der Waals surface area (Å²) < 4.78 is 6.52. The summed E-state index contributed by atoms with van der Waals surface area (Å²) in [6, 6.07) is 12.0. The van der Waals surface area contributed by atoms with E-state index in [-0.39, 0.29) is 18.9 Å². The number of nitrogens with zero attached hydrogens (tertiary/aromatic N) is 1. The van der Waals surface area contributed by atoms with E-state index in [9.17, 15) is 20.1 Å². The fourth-order valence-electron chi connectivity index (χ4n) is 3.34. The predicted molar refractivity (Wildman–Crippen MR) is 110 cm³/mol. The topological polar surface area (TPSA) is 112 Å². The lowest BCUT2D eigenvalue weighted by Gasteiger charge is -2.36. The van der Waals surface area contributed by atoms with Crippen molar-refractivity contribution in [2.24, 2.45) is 0 Å². The monoisotopic (exact) mass is 434 g/mol. The largest absolute Gasteiger partial charge is 0.394 e. The summed E-state index contributed by atoms with van der Waals surface area (Å²) >= 11 is 7.31. The minimum Gasteiger partial charge on any atom is -0.394 e. The van der Waals surface area contributed by atoms with Crippen LogP contribution in [0.25, 0.3) is 10.2 Å². The van der Waals surface area contributed by atoms with Crippen molar-refractivity contribution in [2.75, 3.05) is 11.9 Å². The molecule has 3 aromatic rings. The number of halogens is 1. The number of benzene rings is 2. The molecule has 29 heavy (non-hydrogen) atoms. The minimum absolute atomic E-state index is 0.0839. The lowest BCUT2D eigenvalue weighted by atomic mass is 9.93. The first-order valence-electron chi connectivity index (χ1n) is 9.04. The number of aliphatic hydroxyl groups is 3. The molecule has 1 aromatic heterocycles. The normalized spacial score (nSPS) is 24.6. The van der Waals surface area contributed by atoms with Crippen molar-refractivity contribution < 1.29 is 24.9 Å². The summed E-state index contributed by atoms with van der Waals surface area (Å²) in [6.07, 6.45) is -3.32. The van der Waals surface area contributed by atoms with Crippen LogP contribution in [0.15, 0.2) is 42.5 Å². The molecule has 1 aliphatic rings. The summed E-state index contributed by atoms with van der Waals surface area (Å²) in [5.41, 5.74) is 1.71. The molecule has 9 heteroatoms. The average molecular weight is 435 g/mol. The highest BCUT2D eigenvalue weighted by molar-refractivity contribution is 7.22. The number of rotatable bonds is 4. The van der Waals surface area contributed by atoms with Gasteiger partial charge < -0.3 is 20.1 Å². The predicted octanol–water partition coefficient (Wildman–Crippen LogP) is 2.75. The van der Waals surface area contributed by atoms with Gasteiger partial charge in [-0.15, -0.1) is 0 Å². The van der Waals surface area contributed by atoms with Gasteiger partial charge in [-0.25, -0.2) is 4.98 Å². The number of thiazole rings is 1. The zero-order valence-corrected chi connectivity index (χ0v) is 16.7. The Bertz CT molecular complexity index is 1040. The molecule has 0 bridgehead atoms. The van der Waals surface area contributed by atoms with Crippen molar-refractivity contribution in [3.63, 3.8) is 0 Å². The Balaban J connectivity index is 1.53. The third kappa shape index (κ3) is 4.28. The van der Waals surface area contributed by atoms with Crippen molar-refractivity contribution >= 4 is 44.2 Å². The van der Waals surface area contributed by atoms with Gasteiger partial charge in [-0.2, -0.15) is 0 Å². The number of amides is 1. The van der Waals surface area contributed by atoms with Gasteiger partial charge in [0.25, 0.3) is 5.91 Å². The van der Waals surface area contributed by atoms with Crippen LogP contribution in [-0.2, 0) is 4.74 Å². The molecule has 152 valence electrons. The number of hydrogen-bond donors (Lipinski definition) is 4. The van der Waals surface area contributed by atoms with Crippen LogP contribution >= 0.6 is 22.9 Å². The lowest BCUT2D eigenvalue weighted by Crippen LogP contribution is -2.44. The molecular formula is C20H19ClN2O5S. The van der Waals surface area contributed by atoms with E-state index in [0.717, 1.165) is 10.2 Å². The molecule has 0 saturated carbocycles. The fourth-order valence-corrected chi connectivity index (χ4v) is 4.47. The van der Waals surface area contributed by atoms with Crippen LogP contribution < -0.4 is 5.32 Å². The Labute approximate surface area is 175 Å². The first-order valence-corrected chi connectivity index (χ1v) is 10.2. The molecule has 0 unspecified atom stereocenters. The zero-order chi connectivity index (χ0) is 20.5. The number of aromatic nitrogens is 1. The highest BCUT2D eigenvalue weighted by Gasteiger charge is 2.36. The SMILES string of the molecule is O=C(Nc1nc2ccc(Cl)cc2s1)c1cccc([C@H]2O[C@H](CO)[C@@H](O)C[C@@H]2O)c1. The number of carbonyl (C=O) groups is 1. The molecule has 1 saturated heterocycles. The molecule has 0 aliphatic carbocycles. The highest BCUT2D eigenvalue weighted by atomic mass is 35.5. The molecule has 4 atom stereocenters. The van der Waals surface area contributed by atoms with E-state index in [1.54, 1.807) is 42.5 Å². The van der Waals surface area contributed by atoms with E-state index in [4.69, 9.17) is 16.3 Å². The molecule has 2 heterocycles. The molecule has 7 nitrogen and oxygen atoms in total. The van der Waals surface area contributed by atoms with Crippen LogP contribution in [0.3, 0.4) is 0 Å². The Morgan fingerprint density at radius 3 is 2.86 bits per heavy atom. The summed E-state index contributed by atoms with van der Waals surface area (Å²) in [5.74, 6) is -0.346. The molecule has 2 aromatic carbocycles. The standard InChI is InChI=1S/C20H19ClN2O5S/c21-12-4-5-13-17(7-12)29-20(22-13)23-19(27)11-3-1-2-10(6-11)18-15(26)8-14(25)16(9-24)28-18/h1-7,14-16,18,24-26H,8-9H2,(H,22,23,27)/t14-,15-,16+,18+/m0/s1. The number of ether oxygens (including phenoxy) is 1. The van der Waals surface area contributed by atoms with Crippen LogP contribution in [0.1, 0.15) is 28.4 Å². The van der Waals surface area contributed by atoms with E-state index in [1.165, 1.54) is 11.3 Å². The maximum Gasteiger partial charge on any atom is 0.257 e. The van der Waals surface area contributed by atoms with Crippen molar-refractivity contribution in [3.05, 3.63) is 58.6 Å². The molecule has 0 radical (unpaired) electrons. The van der Waals surface area contributed by atoms with Crippen molar-refractivity contribution in [3.8, 4) is 0 Å². The maximum atomic E-state index is 12.7. The number of nitrogens with one attached hydrogen (secondary N) is 1. The van der Waals surface area contributed by atoms with Gasteiger partial charge in [-0.3, -0.25) is 10.1 Å². The number of carbonyl (C=O) groups excluding carboxylic acids is 1. The van der Waals surface area contributed by atoms with Crippen LogP contribution in [0.5, 0.6) is 0 Å². The number of aliphatic hydroxyl groups excluding tert-OH is 3. The van der Waals surface area contributed by atoms with E-state index in [1.807, 2.05) is 0 Å². The van der Waals surface area contributed by atoms with Crippen LogP contribution in [0.4, 0.5) is 5.13 Å². The van der Waals surface area contributed by atoms with Gasteiger partial charge >= 0.3 is 0 Å². The molecule has 1 aliphatic heterocycles. The highest BCUT2D eigenvalue weighted by Crippen LogP contribution is 2.33. The molecule has 0 spiro atoms. The summed E-state index contributed by atoms with van der Waals surface area (Å²) in [5, 5.41) is 33.3.